The van der Waals surface area contributed by atoms with Gasteiger partial charge in [-0.1, -0.05) is 32.0 Å². The van der Waals surface area contributed by atoms with E-state index in [9.17, 15) is 21.6 Å². The van der Waals surface area contributed by atoms with Crippen LogP contribution in [0.2, 0.25) is 0 Å². The van der Waals surface area contributed by atoms with Crippen molar-refractivity contribution in [3.63, 3.8) is 0 Å². The predicted molar refractivity (Wildman–Crippen MR) is 102 cm³/mol. The Morgan fingerprint density at radius 1 is 1.03 bits per heavy atom. The van der Waals surface area contributed by atoms with Crippen LogP contribution in [0, 0.1) is 5.41 Å². The van der Waals surface area contributed by atoms with Crippen LogP contribution in [0.15, 0.2) is 57.8 Å². The van der Waals surface area contributed by atoms with Crippen molar-refractivity contribution in [3.05, 3.63) is 65.5 Å². The molecule has 3 aromatic rings. The number of alkyl halides is 3. The number of benzene rings is 2. The van der Waals surface area contributed by atoms with Gasteiger partial charge in [-0.25, -0.2) is 13.6 Å². The van der Waals surface area contributed by atoms with Crippen molar-refractivity contribution in [2.45, 2.75) is 36.8 Å². The van der Waals surface area contributed by atoms with Gasteiger partial charge in [0.15, 0.2) is 0 Å². The summed E-state index contributed by atoms with van der Waals surface area (Å²) in [5, 5.41) is 13.1. The molecule has 1 heterocycles. The van der Waals surface area contributed by atoms with E-state index >= 15 is 0 Å². The molecule has 30 heavy (non-hydrogen) atoms. The molecule has 1 aromatic heterocycles. The molecule has 10 heteroatoms. The van der Waals surface area contributed by atoms with Crippen LogP contribution in [0.25, 0.3) is 11.5 Å². The van der Waals surface area contributed by atoms with E-state index in [1.807, 2.05) is 13.8 Å². The smallest absolute Gasteiger partial charge is 0.416 e. The fraction of sp³-hybridized carbons (Fsp3) is 0.300. The molecule has 1 fully saturated rings. The van der Waals surface area contributed by atoms with Crippen LogP contribution >= 0.6 is 0 Å². The van der Waals surface area contributed by atoms with Crippen LogP contribution < -0.4 is 5.14 Å². The molecular formula is C20H18F3N3O3S. The van der Waals surface area contributed by atoms with E-state index in [2.05, 4.69) is 10.2 Å². The Bertz CT molecular complexity index is 1200. The van der Waals surface area contributed by atoms with E-state index in [0.717, 1.165) is 17.7 Å². The molecule has 0 amide bonds. The van der Waals surface area contributed by atoms with Crippen molar-refractivity contribution in [3.8, 4) is 11.5 Å². The Hall–Kier alpha value is -2.72. The first-order chi connectivity index (χ1) is 13.9. The number of hydrogen-bond donors (Lipinski definition) is 1. The Labute approximate surface area is 171 Å². The summed E-state index contributed by atoms with van der Waals surface area (Å²) in [5.74, 6) is 0.182. The SMILES string of the molecule is CC1(C)[C@@H](c2ccc(S(N)(=O)=O)cc2)[C@@H]1c1nnc(-c2cccc(C(F)(F)F)c2)o1. The molecule has 6 nitrogen and oxygen atoms in total. The van der Waals surface area contributed by atoms with E-state index in [4.69, 9.17) is 9.56 Å². The van der Waals surface area contributed by atoms with E-state index in [1.165, 1.54) is 24.3 Å². The molecule has 1 aliphatic carbocycles. The Morgan fingerprint density at radius 2 is 1.70 bits per heavy atom. The number of rotatable bonds is 4. The summed E-state index contributed by atoms with van der Waals surface area (Å²) in [6, 6.07) is 11.0. The molecule has 1 saturated carbocycles. The summed E-state index contributed by atoms with van der Waals surface area (Å²) in [6.07, 6.45) is -4.47. The summed E-state index contributed by atoms with van der Waals surface area (Å²) in [7, 11) is -3.78. The maximum Gasteiger partial charge on any atom is 0.416 e. The monoisotopic (exact) mass is 437 g/mol. The summed E-state index contributed by atoms with van der Waals surface area (Å²) >= 11 is 0. The highest BCUT2D eigenvalue weighted by Gasteiger charge is 2.61. The molecule has 0 aliphatic heterocycles. The lowest BCUT2D eigenvalue weighted by atomic mass is 10.0. The molecule has 0 radical (unpaired) electrons. The number of sulfonamides is 1. The van der Waals surface area contributed by atoms with Crippen molar-refractivity contribution in [2.24, 2.45) is 10.6 Å². The second kappa shape index (κ2) is 6.64. The van der Waals surface area contributed by atoms with Crippen LogP contribution in [-0.4, -0.2) is 18.6 Å². The fourth-order valence-electron chi connectivity index (χ4n) is 3.89. The average Bonchev–Trinajstić information content (AvgIpc) is 3.01. The van der Waals surface area contributed by atoms with Crippen LogP contribution in [0.3, 0.4) is 0 Å². The highest BCUT2D eigenvalue weighted by molar-refractivity contribution is 7.89. The van der Waals surface area contributed by atoms with Gasteiger partial charge in [0.2, 0.25) is 21.8 Å². The summed E-state index contributed by atoms with van der Waals surface area (Å²) in [6.45, 7) is 4.01. The Morgan fingerprint density at radius 3 is 2.30 bits per heavy atom. The molecule has 2 aromatic carbocycles. The maximum atomic E-state index is 13.0. The summed E-state index contributed by atoms with van der Waals surface area (Å²) in [5.41, 5.74) is 0.0346. The first-order valence-electron chi connectivity index (χ1n) is 9.03. The van der Waals surface area contributed by atoms with Crippen molar-refractivity contribution < 1.29 is 26.0 Å². The maximum absolute atomic E-state index is 13.0. The van der Waals surface area contributed by atoms with E-state index in [-0.39, 0.29) is 33.6 Å². The van der Waals surface area contributed by atoms with Gasteiger partial charge in [-0.2, -0.15) is 13.2 Å². The Kier molecular flexibility index (Phi) is 4.55. The zero-order valence-electron chi connectivity index (χ0n) is 16.0. The second-order valence-electron chi connectivity index (χ2n) is 7.91. The third-order valence-corrected chi connectivity index (χ3v) is 6.47. The van der Waals surface area contributed by atoms with Crippen molar-refractivity contribution in [1.29, 1.82) is 0 Å². The lowest BCUT2D eigenvalue weighted by molar-refractivity contribution is -0.137. The van der Waals surface area contributed by atoms with Gasteiger partial charge in [-0.3, -0.25) is 0 Å². The standard InChI is InChI=1S/C20H18F3N3O3S/c1-19(2)15(11-6-8-14(9-7-11)30(24,27)28)16(19)18-26-25-17(29-18)12-4-3-5-13(10-12)20(21,22)23/h3-10,15-16H,1-2H3,(H2,24,27,28)/t15-,16+/m0/s1. The van der Waals surface area contributed by atoms with Crippen molar-refractivity contribution in [2.75, 3.05) is 0 Å². The zero-order valence-corrected chi connectivity index (χ0v) is 16.8. The van der Waals surface area contributed by atoms with Gasteiger partial charge in [0.05, 0.1) is 16.4 Å². The van der Waals surface area contributed by atoms with Crippen LogP contribution in [0.5, 0.6) is 0 Å². The molecular weight excluding hydrogens is 419 g/mol. The highest BCUT2D eigenvalue weighted by Crippen LogP contribution is 2.69. The Balaban J connectivity index is 1.61. The first-order valence-corrected chi connectivity index (χ1v) is 10.6. The number of nitrogens with two attached hydrogens (primary N) is 1. The van der Waals surface area contributed by atoms with E-state index in [0.29, 0.717) is 5.89 Å². The minimum atomic E-state index is -4.47. The van der Waals surface area contributed by atoms with E-state index < -0.39 is 21.8 Å². The minimum Gasteiger partial charge on any atom is -0.420 e. The van der Waals surface area contributed by atoms with Gasteiger partial charge in [-0.05, 0) is 41.3 Å². The third kappa shape index (κ3) is 3.61. The first kappa shape index (κ1) is 20.5. The van der Waals surface area contributed by atoms with Crippen LogP contribution in [0.1, 0.15) is 42.7 Å². The van der Waals surface area contributed by atoms with Crippen molar-refractivity contribution >= 4 is 10.0 Å². The van der Waals surface area contributed by atoms with Crippen molar-refractivity contribution in [1.82, 2.24) is 10.2 Å². The second-order valence-corrected chi connectivity index (χ2v) is 9.48. The summed E-state index contributed by atoms with van der Waals surface area (Å²) in [4.78, 5) is 0.0193. The molecule has 158 valence electrons. The highest BCUT2D eigenvalue weighted by atomic mass is 32.2. The van der Waals surface area contributed by atoms with Crippen LogP contribution in [0.4, 0.5) is 13.2 Å². The summed E-state index contributed by atoms with van der Waals surface area (Å²) < 4.78 is 67.5. The largest absolute Gasteiger partial charge is 0.420 e. The molecule has 0 saturated heterocycles. The van der Waals surface area contributed by atoms with E-state index in [1.54, 1.807) is 12.1 Å². The lowest BCUT2D eigenvalue weighted by Gasteiger charge is -2.06. The molecule has 0 bridgehead atoms. The number of primary sulfonamides is 1. The molecule has 0 spiro atoms. The normalized spacial score (nSPS) is 20.9. The molecule has 2 N–H and O–H groups in total. The number of nitrogens with zero attached hydrogens (tertiary/aromatic N) is 2. The van der Waals surface area contributed by atoms with Gasteiger partial charge in [-0.15, -0.1) is 10.2 Å². The van der Waals surface area contributed by atoms with Gasteiger partial charge in [0.1, 0.15) is 0 Å². The zero-order chi connectivity index (χ0) is 21.9. The molecule has 4 rings (SSSR count). The fourth-order valence-corrected chi connectivity index (χ4v) is 4.41. The van der Waals surface area contributed by atoms with Gasteiger partial charge >= 0.3 is 6.18 Å². The van der Waals surface area contributed by atoms with Gasteiger partial charge < -0.3 is 4.42 Å². The topological polar surface area (TPSA) is 99.1 Å². The molecule has 0 unspecified atom stereocenters. The quantitative estimate of drug-likeness (QED) is 0.656. The third-order valence-electron chi connectivity index (χ3n) is 5.54. The number of aromatic nitrogens is 2. The average molecular weight is 437 g/mol. The lowest BCUT2D eigenvalue weighted by Crippen LogP contribution is -2.11. The minimum absolute atomic E-state index is 0.0122. The molecule has 1 aliphatic rings. The number of hydrogen-bond acceptors (Lipinski definition) is 5. The number of halogens is 3. The van der Waals surface area contributed by atoms with Crippen LogP contribution in [-0.2, 0) is 16.2 Å². The van der Waals surface area contributed by atoms with Gasteiger partial charge in [0, 0.05) is 11.5 Å². The predicted octanol–water partition coefficient (Wildman–Crippen LogP) is 4.31. The molecule has 2 atom stereocenters. The van der Waals surface area contributed by atoms with Gasteiger partial charge in [0.25, 0.3) is 0 Å².